The van der Waals surface area contributed by atoms with Crippen LogP contribution < -0.4 is 11.1 Å². The normalized spacial score (nSPS) is 23.0. The van der Waals surface area contributed by atoms with E-state index in [4.69, 9.17) is 5.73 Å². The fourth-order valence-corrected chi connectivity index (χ4v) is 2.26. The second-order valence-corrected chi connectivity index (χ2v) is 5.89. The number of nitrogens with two attached hydrogens (primary N) is 1. The van der Waals surface area contributed by atoms with Crippen molar-refractivity contribution >= 4 is 11.8 Å². The molecule has 18 heavy (non-hydrogen) atoms. The lowest BCUT2D eigenvalue weighted by atomic mass is 10.0. The van der Waals surface area contributed by atoms with Crippen molar-refractivity contribution in [3.63, 3.8) is 0 Å². The number of nitrogens with one attached hydrogen (secondary N) is 1. The SMILES string of the molecule is CC(C)C(=O)NC1CCN(C(=O)C2(N)CC2)CC1. The molecule has 3 N–H and O–H groups in total. The van der Waals surface area contributed by atoms with Crippen molar-refractivity contribution in [1.82, 2.24) is 10.2 Å². The molecule has 0 bridgehead atoms. The molecule has 2 fully saturated rings. The Labute approximate surface area is 108 Å². The number of nitrogens with zero attached hydrogens (tertiary/aromatic N) is 1. The van der Waals surface area contributed by atoms with E-state index in [0.29, 0.717) is 13.1 Å². The predicted molar refractivity (Wildman–Crippen MR) is 68.7 cm³/mol. The molecule has 0 aromatic heterocycles. The molecule has 2 amide bonds. The summed E-state index contributed by atoms with van der Waals surface area (Å²) in [5.74, 6) is 0.205. The summed E-state index contributed by atoms with van der Waals surface area (Å²) in [6.07, 6.45) is 3.30. The van der Waals surface area contributed by atoms with Crippen molar-refractivity contribution in [3.05, 3.63) is 0 Å². The summed E-state index contributed by atoms with van der Waals surface area (Å²) in [5.41, 5.74) is 5.35. The lowest BCUT2D eigenvalue weighted by Crippen LogP contribution is -2.52. The summed E-state index contributed by atoms with van der Waals surface area (Å²) in [6.45, 7) is 5.19. The van der Waals surface area contributed by atoms with Gasteiger partial charge in [-0.1, -0.05) is 13.8 Å². The first kappa shape index (κ1) is 13.3. The van der Waals surface area contributed by atoms with E-state index in [0.717, 1.165) is 25.7 Å². The summed E-state index contributed by atoms with van der Waals surface area (Å²) in [6, 6.07) is 0.205. The summed E-state index contributed by atoms with van der Waals surface area (Å²) >= 11 is 0. The van der Waals surface area contributed by atoms with Gasteiger partial charge in [0.05, 0.1) is 5.54 Å². The van der Waals surface area contributed by atoms with Crippen molar-refractivity contribution < 1.29 is 9.59 Å². The smallest absolute Gasteiger partial charge is 0.242 e. The number of carbonyl (C=O) groups is 2. The van der Waals surface area contributed by atoms with Crippen LogP contribution in [-0.2, 0) is 9.59 Å². The molecule has 1 aliphatic heterocycles. The van der Waals surface area contributed by atoms with E-state index >= 15 is 0 Å². The zero-order chi connectivity index (χ0) is 13.3. The topological polar surface area (TPSA) is 75.4 Å². The molecule has 0 aromatic carbocycles. The van der Waals surface area contributed by atoms with Gasteiger partial charge in [-0.25, -0.2) is 0 Å². The van der Waals surface area contributed by atoms with Crippen LogP contribution in [0.3, 0.4) is 0 Å². The summed E-state index contributed by atoms with van der Waals surface area (Å²) in [7, 11) is 0. The molecule has 2 rings (SSSR count). The molecule has 0 spiro atoms. The van der Waals surface area contributed by atoms with E-state index in [1.165, 1.54) is 0 Å². The highest BCUT2D eigenvalue weighted by Crippen LogP contribution is 2.34. The van der Waals surface area contributed by atoms with Crippen LogP contribution in [0.15, 0.2) is 0 Å². The Hall–Kier alpha value is -1.10. The maximum atomic E-state index is 12.0. The molecular weight excluding hydrogens is 230 g/mol. The third-order valence-electron chi connectivity index (χ3n) is 3.87. The van der Waals surface area contributed by atoms with Gasteiger partial charge in [-0.15, -0.1) is 0 Å². The molecule has 1 saturated carbocycles. The van der Waals surface area contributed by atoms with Crippen molar-refractivity contribution in [1.29, 1.82) is 0 Å². The Bertz CT molecular complexity index is 342. The van der Waals surface area contributed by atoms with Gasteiger partial charge >= 0.3 is 0 Å². The number of piperidine rings is 1. The number of amides is 2. The minimum atomic E-state index is -0.561. The Balaban J connectivity index is 1.78. The van der Waals surface area contributed by atoms with Gasteiger partial charge in [0.15, 0.2) is 0 Å². The lowest BCUT2D eigenvalue weighted by molar-refractivity contribution is -0.134. The van der Waals surface area contributed by atoms with Crippen LogP contribution in [0.25, 0.3) is 0 Å². The maximum Gasteiger partial charge on any atom is 0.242 e. The molecule has 0 aromatic rings. The van der Waals surface area contributed by atoms with E-state index in [1.807, 2.05) is 18.7 Å². The van der Waals surface area contributed by atoms with Crippen molar-refractivity contribution in [2.75, 3.05) is 13.1 Å². The van der Waals surface area contributed by atoms with Gasteiger partial charge in [-0.3, -0.25) is 9.59 Å². The quantitative estimate of drug-likeness (QED) is 0.756. The number of rotatable bonds is 3. The Morgan fingerprint density at radius 1 is 1.28 bits per heavy atom. The number of hydrogen-bond acceptors (Lipinski definition) is 3. The van der Waals surface area contributed by atoms with Crippen LogP contribution >= 0.6 is 0 Å². The van der Waals surface area contributed by atoms with Gasteiger partial charge in [0.1, 0.15) is 0 Å². The van der Waals surface area contributed by atoms with Crippen LogP contribution in [0.1, 0.15) is 39.5 Å². The lowest BCUT2D eigenvalue weighted by Gasteiger charge is -2.34. The van der Waals surface area contributed by atoms with Gasteiger partial charge in [-0.2, -0.15) is 0 Å². The molecule has 0 atom stereocenters. The summed E-state index contributed by atoms with van der Waals surface area (Å²) in [5, 5.41) is 3.02. The second-order valence-electron chi connectivity index (χ2n) is 5.89. The third-order valence-corrected chi connectivity index (χ3v) is 3.87. The highest BCUT2D eigenvalue weighted by molar-refractivity contribution is 5.89. The Kier molecular flexibility index (Phi) is 3.61. The van der Waals surface area contributed by atoms with Crippen LogP contribution in [-0.4, -0.2) is 41.4 Å². The molecule has 102 valence electrons. The minimum absolute atomic E-state index is 0.0171. The van der Waals surface area contributed by atoms with Crippen LogP contribution in [0, 0.1) is 5.92 Å². The van der Waals surface area contributed by atoms with E-state index in [2.05, 4.69) is 5.32 Å². The fraction of sp³-hybridized carbons (Fsp3) is 0.846. The Morgan fingerprint density at radius 3 is 2.28 bits per heavy atom. The molecule has 0 unspecified atom stereocenters. The van der Waals surface area contributed by atoms with Crippen molar-refractivity contribution in [2.24, 2.45) is 11.7 Å². The average molecular weight is 253 g/mol. The van der Waals surface area contributed by atoms with Gasteiger partial charge in [0.25, 0.3) is 0 Å². The first-order valence-electron chi connectivity index (χ1n) is 6.81. The van der Waals surface area contributed by atoms with Gasteiger partial charge < -0.3 is 16.0 Å². The van der Waals surface area contributed by atoms with E-state index < -0.39 is 5.54 Å². The highest BCUT2D eigenvalue weighted by atomic mass is 16.2. The first-order valence-corrected chi connectivity index (χ1v) is 6.81. The standard InChI is InChI=1S/C13H23N3O2/c1-9(2)11(17)15-10-3-7-16(8-4-10)12(18)13(14)5-6-13/h9-10H,3-8,14H2,1-2H3,(H,15,17). The van der Waals surface area contributed by atoms with Gasteiger partial charge in [0, 0.05) is 25.0 Å². The third kappa shape index (κ3) is 2.83. The maximum absolute atomic E-state index is 12.0. The van der Waals surface area contributed by atoms with E-state index in [-0.39, 0.29) is 23.8 Å². The van der Waals surface area contributed by atoms with Crippen molar-refractivity contribution in [3.8, 4) is 0 Å². The highest BCUT2D eigenvalue weighted by Gasteiger charge is 2.48. The largest absolute Gasteiger partial charge is 0.353 e. The number of carbonyl (C=O) groups excluding carboxylic acids is 2. The van der Waals surface area contributed by atoms with E-state index in [1.54, 1.807) is 0 Å². The molecule has 1 heterocycles. The zero-order valence-corrected chi connectivity index (χ0v) is 11.2. The molecule has 2 aliphatic rings. The van der Waals surface area contributed by atoms with Crippen molar-refractivity contribution in [2.45, 2.75) is 51.1 Å². The predicted octanol–water partition coefficient (Wildman–Crippen LogP) is 0.241. The van der Waals surface area contributed by atoms with Gasteiger partial charge in [-0.05, 0) is 25.7 Å². The number of hydrogen-bond donors (Lipinski definition) is 2. The van der Waals surface area contributed by atoms with Crippen LogP contribution in [0.5, 0.6) is 0 Å². The second kappa shape index (κ2) is 4.88. The fourth-order valence-electron chi connectivity index (χ4n) is 2.26. The Morgan fingerprint density at radius 2 is 1.83 bits per heavy atom. The summed E-state index contributed by atoms with van der Waals surface area (Å²) < 4.78 is 0. The molecular formula is C13H23N3O2. The van der Waals surface area contributed by atoms with Gasteiger partial charge in [0.2, 0.25) is 11.8 Å². The first-order chi connectivity index (χ1) is 8.42. The molecule has 5 heteroatoms. The molecule has 1 aliphatic carbocycles. The number of likely N-dealkylation sites (tertiary alicyclic amines) is 1. The molecule has 5 nitrogen and oxygen atoms in total. The van der Waals surface area contributed by atoms with Crippen LogP contribution in [0.4, 0.5) is 0 Å². The van der Waals surface area contributed by atoms with Crippen LogP contribution in [0.2, 0.25) is 0 Å². The molecule has 1 saturated heterocycles. The zero-order valence-electron chi connectivity index (χ0n) is 11.2. The molecule has 0 radical (unpaired) electrons. The summed E-state index contributed by atoms with van der Waals surface area (Å²) in [4.78, 5) is 25.5. The van der Waals surface area contributed by atoms with E-state index in [9.17, 15) is 9.59 Å². The monoisotopic (exact) mass is 253 g/mol. The average Bonchev–Trinajstić information content (AvgIpc) is 3.08. The minimum Gasteiger partial charge on any atom is -0.353 e.